The lowest BCUT2D eigenvalue weighted by Gasteiger charge is -2.10. The topological polar surface area (TPSA) is 61.1 Å². The monoisotopic (exact) mass is 240 g/mol. The molecule has 0 saturated heterocycles. The van der Waals surface area contributed by atoms with E-state index in [2.05, 4.69) is 11.6 Å². The van der Waals surface area contributed by atoms with Gasteiger partial charge in [-0.25, -0.2) is 0 Å². The van der Waals surface area contributed by atoms with Crippen molar-refractivity contribution < 1.29 is 4.55 Å². The van der Waals surface area contributed by atoms with Gasteiger partial charge >= 0.3 is 0 Å². The lowest BCUT2D eigenvalue weighted by molar-refractivity contribution is 0.573. The van der Waals surface area contributed by atoms with E-state index in [9.17, 15) is 4.55 Å². The largest absolute Gasteiger partial charge is 0.593 e. The van der Waals surface area contributed by atoms with Crippen molar-refractivity contribution >= 4 is 17.0 Å². The number of nitrogen functional groups attached to an aromatic ring is 1. The molecule has 1 unspecified atom stereocenters. The van der Waals surface area contributed by atoms with E-state index in [1.807, 2.05) is 0 Å². The highest BCUT2D eigenvalue weighted by molar-refractivity contribution is 7.89. The number of nitrogens with one attached hydrogen (secondary N) is 1. The molecule has 16 heavy (non-hydrogen) atoms. The minimum Gasteiger partial charge on any atom is -0.593 e. The third-order valence-corrected chi connectivity index (χ3v) is 3.52. The normalized spacial score (nSPS) is 12.6. The van der Waals surface area contributed by atoms with E-state index in [0.29, 0.717) is 5.69 Å². The molecule has 1 aromatic carbocycles. The van der Waals surface area contributed by atoms with Gasteiger partial charge < -0.3 is 10.3 Å². The Labute approximate surface area is 101 Å². The number of nitrogens with two attached hydrogens (primary N) is 1. The summed E-state index contributed by atoms with van der Waals surface area (Å²) in [6.45, 7) is 2.98. The van der Waals surface area contributed by atoms with E-state index in [1.54, 1.807) is 24.3 Å². The molecule has 3 nitrogen and oxygen atoms in total. The molecule has 90 valence electrons. The molecule has 0 bridgehead atoms. The molecule has 0 aliphatic rings. The second-order valence-electron chi connectivity index (χ2n) is 3.79. The summed E-state index contributed by atoms with van der Waals surface area (Å²) in [6, 6.07) is 7.13. The van der Waals surface area contributed by atoms with Gasteiger partial charge in [0, 0.05) is 12.2 Å². The van der Waals surface area contributed by atoms with Crippen LogP contribution in [0.1, 0.15) is 32.6 Å². The summed E-state index contributed by atoms with van der Waals surface area (Å²) in [4.78, 5) is 0.782. The molecule has 0 aliphatic heterocycles. The SMILES string of the molecule is CCCCCCN[S+]([O-])c1ccc(N)cc1. The molecule has 0 aliphatic carbocycles. The maximum atomic E-state index is 11.7. The maximum absolute atomic E-state index is 11.7. The molecule has 3 N–H and O–H groups in total. The Morgan fingerprint density at radius 1 is 1.19 bits per heavy atom. The molecule has 0 amide bonds. The molecule has 0 heterocycles. The average Bonchev–Trinajstić information content (AvgIpc) is 2.29. The van der Waals surface area contributed by atoms with Gasteiger partial charge in [0.05, 0.1) is 11.4 Å². The Balaban J connectivity index is 2.24. The Morgan fingerprint density at radius 3 is 2.50 bits per heavy atom. The van der Waals surface area contributed by atoms with Gasteiger partial charge in [0.1, 0.15) is 0 Å². The number of anilines is 1. The van der Waals surface area contributed by atoms with Gasteiger partial charge in [-0.05, 0) is 30.7 Å². The third kappa shape index (κ3) is 4.88. The molecule has 0 spiro atoms. The van der Waals surface area contributed by atoms with Crippen molar-refractivity contribution in [2.75, 3.05) is 12.3 Å². The number of rotatable bonds is 7. The molecule has 4 heteroatoms. The number of benzene rings is 1. The van der Waals surface area contributed by atoms with Crippen LogP contribution in [0.2, 0.25) is 0 Å². The van der Waals surface area contributed by atoms with Crippen LogP contribution in [-0.4, -0.2) is 11.1 Å². The Kier molecular flexibility index (Phi) is 6.30. The smallest absolute Gasteiger partial charge is 0.174 e. The van der Waals surface area contributed by atoms with Crippen LogP contribution in [-0.2, 0) is 11.4 Å². The van der Waals surface area contributed by atoms with Gasteiger partial charge in [-0.15, -0.1) is 4.72 Å². The van der Waals surface area contributed by atoms with Gasteiger partial charge in [0.2, 0.25) is 0 Å². The Bertz CT molecular complexity index is 290. The molecule has 0 saturated carbocycles. The summed E-state index contributed by atoms with van der Waals surface area (Å²) in [5.74, 6) is 0. The zero-order valence-corrected chi connectivity index (χ0v) is 10.6. The van der Waals surface area contributed by atoms with Crippen LogP contribution in [0, 0.1) is 0 Å². The quantitative estimate of drug-likeness (QED) is 0.437. The van der Waals surface area contributed by atoms with E-state index in [1.165, 1.54) is 19.3 Å². The Morgan fingerprint density at radius 2 is 1.88 bits per heavy atom. The van der Waals surface area contributed by atoms with Gasteiger partial charge in [-0.3, -0.25) is 0 Å². The molecular formula is C12H20N2OS. The second kappa shape index (κ2) is 7.54. The van der Waals surface area contributed by atoms with Crippen molar-refractivity contribution in [3.8, 4) is 0 Å². The van der Waals surface area contributed by atoms with Crippen LogP contribution in [0.4, 0.5) is 5.69 Å². The summed E-state index contributed by atoms with van der Waals surface area (Å²) < 4.78 is 14.8. The van der Waals surface area contributed by atoms with Crippen LogP contribution in [0.5, 0.6) is 0 Å². The summed E-state index contributed by atoms with van der Waals surface area (Å²) in [5, 5.41) is 0. The van der Waals surface area contributed by atoms with Crippen molar-refractivity contribution in [3.05, 3.63) is 24.3 Å². The first-order valence-electron chi connectivity index (χ1n) is 5.75. The van der Waals surface area contributed by atoms with Gasteiger partial charge in [0.15, 0.2) is 4.90 Å². The van der Waals surface area contributed by atoms with E-state index in [-0.39, 0.29) is 0 Å². The highest BCUT2D eigenvalue weighted by atomic mass is 32.2. The van der Waals surface area contributed by atoms with E-state index < -0.39 is 11.4 Å². The average molecular weight is 240 g/mol. The summed E-state index contributed by atoms with van der Waals surface area (Å²) in [5.41, 5.74) is 6.26. The van der Waals surface area contributed by atoms with E-state index in [4.69, 9.17) is 5.73 Å². The lowest BCUT2D eigenvalue weighted by Crippen LogP contribution is -2.24. The number of hydrogen-bond acceptors (Lipinski definition) is 3. The van der Waals surface area contributed by atoms with Crippen molar-refractivity contribution in [2.45, 2.75) is 37.5 Å². The lowest BCUT2D eigenvalue weighted by atomic mass is 10.2. The predicted octanol–water partition coefficient (Wildman–Crippen LogP) is 2.46. The highest BCUT2D eigenvalue weighted by Crippen LogP contribution is 2.11. The number of unbranched alkanes of at least 4 members (excludes halogenated alkanes) is 3. The zero-order valence-electron chi connectivity index (χ0n) is 9.74. The molecule has 0 aromatic heterocycles. The molecule has 0 radical (unpaired) electrons. The highest BCUT2D eigenvalue weighted by Gasteiger charge is 2.09. The first kappa shape index (κ1) is 13.4. The zero-order chi connectivity index (χ0) is 11.8. The molecule has 0 fully saturated rings. The molecule has 1 rings (SSSR count). The van der Waals surface area contributed by atoms with Gasteiger partial charge in [-0.1, -0.05) is 26.2 Å². The molecular weight excluding hydrogens is 220 g/mol. The van der Waals surface area contributed by atoms with Gasteiger partial charge in [-0.2, -0.15) is 0 Å². The van der Waals surface area contributed by atoms with Crippen LogP contribution >= 0.6 is 0 Å². The first-order chi connectivity index (χ1) is 7.74. The van der Waals surface area contributed by atoms with Crippen LogP contribution < -0.4 is 10.5 Å². The van der Waals surface area contributed by atoms with E-state index in [0.717, 1.165) is 17.9 Å². The fourth-order valence-electron chi connectivity index (χ4n) is 1.39. The van der Waals surface area contributed by atoms with Crippen molar-refractivity contribution in [1.29, 1.82) is 0 Å². The molecule has 1 aromatic rings. The maximum Gasteiger partial charge on any atom is 0.174 e. The fourth-order valence-corrected chi connectivity index (χ4v) is 2.27. The van der Waals surface area contributed by atoms with Crippen LogP contribution in [0.15, 0.2) is 29.2 Å². The predicted molar refractivity (Wildman–Crippen MR) is 69.4 cm³/mol. The third-order valence-electron chi connectivity index (χ3n) is 2.36. The Hall–Kier alpha value is -0.710. The van der Waals surface area contributed by atoms with Crippen LogP contribution in [0.25, 0.3) is 0 Å². The van der Waals surface area contributed by atoms with Crippen molar-refractivity contribution in [1.82, 2.24) is 4.72 Å². The van der Waals surface area contributed by atoms with Crippen molar-refractivity contribution in [2.24, 2.45) is 0 Å². The standard InChI is InChI=1S/C12H20N2OS/c1-2-3-4-5-10-14-16(15)12-8-6-11(13)7-9-12/h6-9,14H,2-5,10,13H2,1H3. The first-order valence-corrected chi connectivity index (χ1v) is 6.90. The minimum atomic E-state index is -1.10. The van der Waals surface area contributed by atoms with Gasteiger partial charge in [0.25, 0.3) is 0 Å². The van der Waals surface area contributed by atoms with Crippen molar-refractivity contribution in [3.63, 3.8) is 0 Å². The molecule has 1 atom stereocenters. The second-order valence-corrected chi connectivity index (χ2v) is 5.09. The fraction of sp³-hybridized carbons (Fsp3) is 0.500. The van der Waals surface area contributed by atoms with E-state index >= 15 is 0 Å². The number of hydrogen-bond donors (Lipinski definition) is 2. The minimum absolute atomic E-state index is 0.698. The summed E-state index contributed by atoms with van der Waals surface area (Å²) in [7, 11) is 0. The summed E-state index contributed by atoms with van der Waals surface area (Å²) >= 11 is -1.10. The summed E-state index contributed by atoms with van der Waals surface area (Å²) in [6.07, 6.45) is 4.74. The van der Waals surface area contributed by atoms with Crippen LogP contribution in [0.3, 0.4) is 0 Å².